The van der Waals surface area contributed by atoms with Crippen molar-refractivity contribution in [1.82, 2.24) is 29.9 Å². The zero-order chi connectivity index (χ0) is 96.3. The van der Waals surface area contributed by atoms with Crippen LogP contribution in [0.5, 0.6) is 0 Å². The van der Waals surface area contributed by atoms with E-state index in [0.29, 0.717) is 5.92 Å². The number of hydrogen-bond acceptors (Lipinski definition) is 6. The van der Waals surface area contributed by atoms with Gasteiger partial charge in [0.2, 0.25) is 0 Å². The quantitative estimate of drug-likeness (QED) is 0.0650. The minimum atomic E-state index is -1.57. The van der Waals surface area contributed by atoms with Crippen LogP contribution in [0.3, 0.4) is 0 Å². The van der Waals surface area contributed by atoms with E-state index in [9.17, 15) is 0 Å². The van der Waals surface area contributed by atoms with Crippen molar-refractivity contribution in [2.24, 2.45) is 5.92 Å². The number of aromatic nitrogens is 6. The molecule has 23 rings (SSSR count). The van der Waals surface area contributed by atoms with E-state index in [0.717, 1.165) is 74.0 Å². The SMILES string of the molecule is CC(C)Cc1cc(-c2[c-]cc3c4ccccc4c4ccccc4c3c2)ncc1[Si](C)(C)C.C[Si](C)(C)c1ccc(-c2[c-]cc3c4ccccc4c4ccc(-c5ccccc5)cc4c3c2)nc1.C[Si](C)(C)c1cnc(-c2[c-]cc3c4ccccc4c4ccccc4c3c2)cc1-c1ccccc1.Cc1ccnc(-c2[c-]cccc2)c1.Cc1ccnc(-c2[c-]cccc2)c1.Cc1ccnc(-c2[c-]cccc2)c1.[Ir].[Ir].[Ir]. The van der Waals surface area contributed by atoms with Crippen LogP contribution in [0.4, 0.5) is 0 Å². The van der Waals surface area contributed by atoms with Crippen molar-refractivity contribution in [2.45, 2.75) is 100.0 Å². The molecular weight excluding hydrogens is 2310 g/mol. The zero-order valence-electron chi connectivity index (χ0n) is 82.7. The average molecular weight is 2420 g/mol. The van der Waals surface area contributed by atoms with Gasteiger partial charge in [0.15, 0.2) is 0 Å². The van der Waals surface area contributed by atoms with Crippen molar-refractivity contribution in [1.29, 1.82) is 0 Å². The van der Waals surface area contributed by atoms with Gasteiger partial charge in [0.1, 0.15) is 0 Å². The summed E-state index contributed by atoms with van der Waals surface area (Å²) in [6.45, 7) is 32.2. The van der Waals surface area contributed by atoms with Gasteiger partial charge in [0.25, 0.3) is 0 Å². The Kier molecular flexibility index (Phi) is 33.4. The molecule has 0 aliphatic carbocycles. The van der Waals surface area contributed by atoms with Crippen LogP contribution in [0.2, 0.25) is 58.9 Å². The van der Waals surface area contributed by atoms with Gasteiger partial charge in [-0.2, -0.15) is 0 Å². The summed E-state index contributed by atoms with van der Waals surface area (Å²) in [7, 11) is -4.40. The van der Waals surface area contributed by atoms with Crippen molar-refractivity contribution in [3.05, 3.63) is 466 Å². The molecule has 6 nitrogen and oxygen atoms in total. The normalized spacial score (nSPS) is 11.2. The molecule has 17 aromatic carbocycles. The molecule has 0 saturated carbocycles. The Morgan fingerprint density at radius 2 is 0.549 bits per heavy atom. The summed E-state index contributed by atoms with van der Waals surface area (Å²) in [4.78, 5) is 27.6. The van der Waals surface area contributed by atoms with E-state index in [1.54, 1.807) is 0 Å². The van der Waals surface area contributed by atoms with Gasteiger partial charge in [0.05, 0.1) is 24.2 Å². The van der Waals surface area contributed by atoms with E-state index in [1.165, 1.54) is 157 Å². The van der Waals surface area contributed by atoms with Crippen LogP contribution in [-0.2, 0) is 66.7 Å². The zero-order valence-corrected chi connectivity index (χ0v) is 92.8. The predicted octanol–water partition coefficient (Wildman–Crippen LogP) is 32.8. The summed E-state index contributed by atoms with van der Waals surface area (Å²) < 4.78 is 0. The molecule has 0 N–H and O–H groups in total. The Labute approximate surface area is 880 Å². The first kappa shape index (κ1) is 103. The fraction of sp³-hybridized carbons (Fsp3) is 0.123. The average Bonchev–Trinajstić information content (AvgIpc) is 0.751. The van der Waals surface area contributed by atoms with Gasteiger partial charge in [-0.05, 0) is 178 Å². The summed E-state index contributed by atoms with van der Waals surface area (Å²) in [5, 5.41) is 27.1. The first-order valence-electron chi connectivity index (χ1n) is 48.0. The van der Waals surface area contributed by atoms with E-state index < -0.39 is 24.2 Å². The van der Waals surface area contributed by atoms with Crippen LogP contribution in [0.15, 0.2) is 407 Å². The summed E-state index contributed by atoms with van der Waals surface area (Å²) in [5.41, 5.74) is 22.4. The van der Waals surface area contributed by atoms with Gasteiger partial charge in [-0.3, -0.25) is 0 Å². The summed E-state index contributed by atoms with van der Waals surface area (Å²) >= 11 is 0. The molecule has 3 radical (unpaired) electrons. The van der Waals surface area contributed by atoms with E-state index in [2.05, 4.69) is 443 Å². The predicted molar refractivity (Wildman–Crippen MR) is 601 cm³/mol. The molecule has 0 amide bonds. The molecule has 0 saturated heterocycles. The monoisotopic (exact) mass is 2420 g/mol. The third-order valence-corrected chi connectivity index (χ3v) is 31.7. The molecule has 12 heteroatoms. The Morgan fingerprint density at radius 3 is 0.901 bits per heavy atom. The largest absolute Gasteiger partial charge is 0.305 e. The van der Waals surface area contributed by atoms with Crippen LogP contribution >= 0.6 is 0 Å². The van der Waals surface area contributed by atoms with Gasteiger partial charge < -0.3 is 29.9 Å². The van der Waals surface area contributed by atoms with Crippen molar-refractivity contribution in [2.75, 3.05) is 0 Å². The molecule has 0 fully saturated rings. The molecule has 0 aliphatic heterocycles. The van der Waals surface area contributed by atoms with E-state index >= 15 is 0 Å². The molecule has 6 heterocycles. The summed E-state index contributed by atoms with van der Waals surface area (Å²) in [6, 6.07) is 150. The third-order valence-electron chi connectivity index (χ3n) is 25.6. The number of fused-ring (bicyclic) bond motifs is 18. The molecule has 707 valence electrons. The molecule has 0 unspecified atom stereocenters. The van der Waals surface area contributed by atoms with Crippen molar-refractivity contribution >= 4 is 137 Å². The maximum absolute atomic E-state index is 4.95. The third kappa shape index (κ3) is 23.8. The van der Waals surface area contributed by atoms with Crippen LogP contribution in [0, 0.1) is 63.1 Å². The number of aryl methyl sites for hydroxylation is 3. The number of pyridine rings is 6. The Morgan fingerprint density at radius 1 is 0.232 bits per heavy atom. The second kappa shape index (κ2) is 46.1. The van der Waals surface area contributed by atoms with Crippen LogP contribution in [-0.4, -0.2) is 54.1 Å². The minimum absolute atomic E-state index is 0. The van der Waals surface area contributed by atoms with E-state index in [-0.39, 0.29) is 60.3 Å². The standard InChI is InChI=1S/2C32H26NSi.C30H30NSi.3C12H10N.3Ir/c1-34(2,3)32-21-33-31(20-29(32)22-11-5-4-6-12-22)23-17-18-28-26-15-8-7-13-24(26)25-14-9-10-16-27(25)30(28)19-23;1-34(2,3)25-15-18-32(33-21-25)24-14-17-29-27-12-8-7-11-26(27)28-16-13-23(19-30(28)31(29)20-24)22-9-5-4-6-10-22;1-20(2)16-22-18-29(31-19-30(22)32(3,4)5)21-14-15-27-25-12-7-6-10-23(25)24-11-8-9-13-26(24)28(27)17-21;3*1-10-7-8-13-12(9-10)11-5-3-2-4-6-11;;;/h4-16,18-21H,1-3H3;4-13,15-21H,1-3H3;6-13,15,17-20H,16H2,1-5H3;3*2-5,7-9H,1H3;;;/q6*-1;;;. The fourth-order valence-electron chi connectivity index (χ4n) is 18.5. The number of rotatable bonds is 13. The second-order valence-electron chi connectivity index (χ2n) is 39.3. The van der Waals surface area contributed by atoms with Crippen LogP contribution < -0.4 is 15.6 Å². The molecule has 0 bridgehead atoms. The molecule has 0 atom stereocenters. The maximum atomic E-state index is 4.95. The summed E-state index contributed by atoms with van der Waals surface area (Å²) in [5.74, 6) is 0.622. The summed E-state index contributed by atoms with van der Waals surface area (Å²) in [6.07, 6.45) is 12.9. The molecule has 142 heavy (non-hydrogen) atoms. The maximum Gasteiger partial charge on any atom is 0.0803 e. The fourth-order valence-corrected chi connectivity index (χ4v) is 22.6. The second-order valence-corrected chi connectivity index (χ2v) is 54.5. The smallest absolute Gasteiger partial charge is 0.0803 e. The molecule has 23 aromatic rings. The van der Waals surface area contributed by atoms with Gasteiger partial charge in [-0.15, -0.1) is 179 Å². The van der Waals surface area contributed by atoms with Crippen molar-refractivity contribution in [3.63, 3.8) is 0 Å². The van der Waals surface area contributed by atoms with Crippen LogP contribution in [0.1, 0.15) is 36.1 Å². The molecule has 6 aromatic heterocycles. The Balaban J connectivity index is 0.000000134. The van der Waals surface area contributed by atoms with Crippen LogP contribution in [0.25, 0.3) is 187 Å². The van der Waals surface area contributed by atoms with Gasteiger partial charge in [-0.25, -0.2) is 0 Å². The first-order valence-corrected chi connectivity index (χ1v) is 58.5. The van der Waals surface area contributed by atoms with E-state index in [1.807, 2.05) is 110 Å². The first-order chi connectivity index (χ1) is 67.4. The molecule has 0 aliphatic rings. The van der Waals surface area contributed by atoms with Gasteiger partial charge >= 0.3 is 0 Å². The molecular formula is C130H112Ir3N6Si3-6. The number of nitrogens with zero attached hydrogens (tertiary/aromatic N) is 6. The molecule has 0 spiro atoms. The van der Waals surface area contributed by atoms with Crippen molar-refractivity contribution < 1.29 is 60.3 Å². The topological polar surface area (TPSA) is 77.3 Å². The van der Waals surface area contributed by atoms with Gasteiger partial charge in [-0.1, -0.05) is 380 Å². The van der Waals surface area contributed by atoms with Crippen molar-refractivity contribution in [3.8, 4) is 89.8 Å². The number of benzene rings is 17. The number of hydrogen-bond donors (Lipinski definition) is 0. The Bertz CT molecular complexity index is 8080. The Hall–Kier alpha value is -13.4. The minimum Gasteiger partial charge on any atom is -0.305 e. The van der Waals surface area contributed by atoms with Gasteiger partial charge in [0, 0.05) is 97.5 Å². The van der Waals surface area contributed by atoms with E-state index in [4.69, 9.17) is 15.0 Å².